The molecule has 0 spiro atoms. The third-order valence-electron chi connectivity index (χ3n) is 26.2. The number of fused-ring (bicyclic) bond motifs is 16. The molecule has 4 aliphatic carbocycles. The fourth-order valence-corrected chi connectivity index (χ4v) is 20.3. The molecule has 0 saturated carbocycles. The Morgan fingerprint density at radius 3 is 1.08 bits per heavy atom. The van der Waals surface area contributed by atoms with E-state index >= 15 is 0 Å². The topological polar surface area (TPSA) is 214 Å². The molecule has 14 heteroatoms. The maximum absolute atomic E-state index is 12.2. The number of carbonyl (C=O) groups excluding carboxylic acids is 2. The van der Waals surface area contributed by atoms with E-state index in [1.54, 1.807) is 36.4 Å². The van der Waals surface area contributed by atoms with E-state index in [1.807, 2.05) is 48.5 Å². The Labute approximate surface area is 602 Å². The zero-order chi connectivity index (χ0) is 72.9. The Kier molecular flexibility index (Phi) is 18.9. The summed E-state index contributed by atoms with van der Waals surface area (Å²) in [6.07, 6.45) is 7.55. The Bertz CT molecular complexity index is 4340. The number of likely N-dealkylation sites (tertiary alicyclic amines) is 4. The largest absolute Gasteiger partial charge is 0.478 e. The number of aryl methyl sites for hydroxylation is 4. The number of hydrogen-bond acceptors (Lipinski definition) is 10. The van der Waals surface area contributed by atoms with Gasteiger partial charge in [0.25, 0.3) is 0 Å². The quantitative estimate of drug-likeness (QED) is 0.0838. The highest BCUT2D eigenvalue weighted by atomic mass is 16.4. The smallest absolute Gasteiger partial charge is 0.335 e. The Hall–Kier alpha value is -8.60. The molecule has 102 heavy (non-hydrogen) atoms. The van der Waals surface area contributed by atoms with Crippen molar-refractivity contribution in [2.45, 2.75) is 176 Å². The van der Waals surface area contributed by atoms with Crippen molar-refractivity contribution in [3.8, 4) is 0 Å². The molecule has 4 aliphatic heterocycles. The monoisotopic (exact) mass is 1370 g/mol. The molecule has 4 fully saturated rings. The number of nitrogens with two attached hydrogens (primary N) is 2. The summed E-state index contributed by atoms with van der Waals surface area (Å²) in [5.74, 6) is -1.94. The summed E-state index contributed by atoms with van der Waals surface area (Å²) in [7, 11) is 8.56. The van der Waals surface area contributed by atoms with Crippen LogP contribution in [0.4, 0.5) is 0 Å². The van der Waals surface area contributed by atoms with E-state index in [4.69, 9.17) is 11.5 Å². The lowest BCUT2D eigenvalue weighted by Crippen LogP contribution is -2.67. The molecule has 4 heterocycles. The van der Waals surface area contributed by atoms with Gasteiger partial charge in [0, 0.05) is 68.8 Å². The highest BCUT2D eigenvalue weighted by molar-refractivity contribution is 5.93. The van der Waals surface area contributed by atoms with Gasteiger partial charge in [-0.05, 0) is 249 Å². The summed E-state index contributed by atoms with van der Waals surface area (Å²) in [6.45, 7) is 21.6. The number of piperidine rings is 4. The fraction of sp³-hybridized carbons (Fsp3) is 0.409. The number of likely N-dealkylation sites (N-methyl/N-ethyl adjacent to an activating group) is 4. The van der Waals surface area contributed by atoms with Gasteiger partial charge in [-0.15, -0.1) is 0 Å². The average Bonchev–Trinajstić information content (AvgIpc) is 0.721. The van der Waals surface area contributed by atoms with Crippen LogP contribution in [0.1, 0.15) is 196 Å². The average molecular weight is 1370 g/mol. The van der Waals surface area contributed by atoms with Crippen molar-refractivity contribution >= 4 is 23.8 Å². The summed E-state index contributed by atoms with van der Waals surface area (Å²) in [6, 6.07) is 57.2. The number of carboxylic acids is 2. The van der Waals surface area contributed by atoms with Gasteiger partial charge in [0.05, 0.1) is 11.1 Å². The lowest BCUT2D eigenvalue weighted by atomic mass is 9.53. The number of carboxylic acid groups (broad SMARTS) is 2. The Morgan fingerprint density at radius 1 is 0.382 bits per heavy atom. The van der Waals surface area contributed by atoms with Crippen LogP contribution in [0, 0.1) is 27.7 Å². The molecule has 0 radical (unpaired) electrons. The molecule has 2 amide bonds. The van der Waals surface area contributed by atoms with Crippen LogP contribution in [0.25, 0.3) is 0 Å². The summed E-state index contributed by atoms with van der Waals surface area (Å²) in [5.41, 5.74) is 29.5. The first-order valence-corrected chi connectivity index (χ1v) is 36.5. The predicted octanol–water partition coefficient (Wildman–Crippen LogP) is 13.0. The molecular weight excluding hydrogens is 1270 g/mol. The molecule has 8 N–H and O–H groups in total. The zero-order valence-electron chi connectivity index (χ0n) is 61.5. The molecule has 12 atom stereocenters. The molecule has 532 valence electrons. The van der Waals surface area contributed by atoms with E-state index in [-0.39, 0.29) is 34.4 Å². The minimum Gasteiger partial charge on any atom is -0.478 e. The van der Waals surface area contributed by atoms with E-state index in [0.717, 1.165) is 88.7 Å². The number of hydrogen-bond donors (Lipinski definition) is 6. The summed E-state index contributed by atoms with van der Waals surface area (Å²) in [5, 5.41) is 43.2. The summed E-state index contributed by atoms with van der Waals surface area (Å²) < 4.78 is 0. The maximum atomic E-state index is 12.2. The van der Waals surface area contributed by atoms with Crippen molar-refractivity contribution in [2.75, 3.05) is 54.4 Å². The van der Waals surface area contributed by atoms with Crippen LogP contribution < -0.4 is 11.5 Å². The number of rotatable bonds is 8. The van der Waals surface area contributed by atoms with Crippen LogP contribution in [0.5, 0.6) is 0 Å². The van der Waals surface area contributed by atoms with Gasteiger partial charge < -0.3 is 41.7 Å². The van der Waals surface area contributed by atoms with E-state index in [2.05, 4.69) is 188 Å². The molecule has 8 bridgehead atoms. The fourth-order valence-electron chi connectivity index (χ4n) is 20.3. The maximum Gasteiger partial charge on any atom is 0.335 e. The molecule has 16 rings (SSSR count). The van der Waals surface area contributed by atoms with Crippen LogP contribution in [0.3, 0.4) is 0 Å². The number of aliphatic hydroxyl groups is 2. The molecule has 8 aromatic rings. The molecular formula is C88H102N6O8. The van der Waals surface area contributed by atoms with Gasteiger partial charge in [-0.3, -0.25) is 19.4 Å². The highest BCUT2D eigenvalue weighted by Gasteiger charge is 2.63. The number of nitrogens with zero attached hydrogens (tertiary/aromatic N) is 4. The molecule has 14 nitrogen and oxygen atoms in total. The number of benzene rings is 8. The SMILES string of the molecule is Cc1ccc2c(c1)[C@@]1(C)CCN(C)[C@H](C2)[C@@H]1c1cccc(C(=O)O)c1.Cc1ccc2c(c1)[C@@]1(C)CCN(C)[C@H](C2)[C@@H]1c1cccc(C(N)=O)c1.Cc1ccc2c(c1)[C@@]1(C)CCN(C)[C@H](C2)[C@]1(O)c1cccc(C(=O)O)c1.Cc1ccc2c(c1)[C@@]1(C)CCN(C)[C@H](C2)[C@]1(O)c1cccc(C(N)=O)c1. The lowest BCUT2D eigenvalue weighted by molar-refractivity contribution is -0.141. The second-order valence-corrected chi connectivity index (χ2v) is 32.3. The molecule has 0 aromatic heterocycles. The first-order valence-electron chi connectivity index (χ1n) is 36.5. The van der Waals surface area contributed by atoms with Crippen LogP contribution >= 0.6 is 0 Å². The van der Waals surface area contributed by atoms with Crippen LogP contribution in [-0.2, 0) is 58.5 Å². The first-order chi connectivity index (χ1) is 48.3. The van der Waals surface area contributed by atoms with Crippen molar-refractivity contribution in [1.82, 2.24) is 19.6 Å². The number of carbonyl (C=O) groups is 4. The predicted molar refractivity (Wildman–Crippen MR) is 403 cm³/mol. The lowest BCUT2D eigenvalue weighted by Gasteiger charge is -2.60. The molecule has 8 aliphatic rings. The Balaban J connectivity index is 0.000000121. The van der Waals surface area contributed by atoms with E-state index < -0.39 is 39.9 Å². The van der Waals surface area contributed by atoms with Crippen molar-refractivity contribution in [3.63, 3.8) is 0 Å². The number of amides is 2. The van der Waals surface area contributed by atoms with Gasteiger partial charge in [0.15, 0.2) is 0 Å². The first kappa shape index (κ1) is 71.8. The zero-order valence-corrected chi connectivity index (χ0v) is 61.5. The van der Waals surface area contributed by atoms with Gasteiger partial charge in [0.1, 0.15) is 11.2 Å². The molecule has 8 aromatic carbocycles. The highest BCUT2D eigenvalue weighted by Crippen LogP contribution is 2.59. The third kappa shape index (κ3) is 12.0. The van der Waals surface area contributed by atoms with Crippen LogP contribution in [0.2, 0.25) is 0 Å². The molecule has 4 saturated heterocycles. The summed E-state index contributed by atoms with van der Waals surface area (Å²) in [4.78, 5) is 55.8. The van der Waals surface area contributed by atoms with Crippen molar-refractivity contribution in [3.05, 3.63) is 281 Å². The van der Waals surface area contributed by atoms with Crippen molar-refractivity contribution < 1.29 is 39.6 Å². The minimum atomic E-state index is -1.13. The van der Waals surface area contributed by atoms with Gasteiger partial charge in [-0.2, -0.15) is 0 Å². The number of aromatic carboxylic acids is 2. The van der Waals surface area contributed by atoms with Crippen molar-refractivity contribution in [2.24, 2.45) is 11.5 Å². The van der Waals surface area contributed by atoms with Gasteiger partial charge in [-0.25, -0.2) is 9.59 Å². The van der Waals surface area contributed by atoms with Gasteiger partial charge in [-0.1, -0.05) is 171 Å². The van der Waals surface area contributed by atoms with Crippen LogP contribution in [-0.4, -0.2) is 142 Å². The third-order valence-corrected chi connectivity index (χ3v) is 26.2. The second kappa shape index (κ2) is 26.9. The standard InChI is InChI=1S/C22H26N2O2.C22H26N2O.C22H25NO3.C22H25NO2/c1-14-7-8-15-13-19-22(26,17-6-4-5-16(12-17)20(23)25)21(2,18(15)11-14)9-10-24(19)3;1-14-7-8-15-13-19-20(16-5-4-6-17(12-16)21(23)25)22(2,18(15)11-14)9-10-24(19)3;1-14-7-8-15-13-19-22(26,17-6-4-5-16(12-17)20(24)25)21(2,18(15)11-14)9-10-23(19)3;1-14-7-8-15-13-19-20(16-5-4-6-17(12-16)21(24)25)22(2,18(15)11-14)9-10-23(19)3/h4-8,11-12,19,26H,9-10,13H2,1-3H3,(H2,23,25);4-8,11-12,19-20H,9-10,13H2,1-3H3,(H2,23,25);4-8,11-12,19,26H,9-10,13H2,1-3H3,(H,24,25);4-8,11-12,19-20H,9-10,13H2,1-3H3,(H,24,25)/t19-,21-,22-;19-,20+,22-;19-,21-,22-;19-,20+,22-/m1111/s1. The van der Waals surface area contributed by atoms with E-state index in [1.165, 1.54) is 72.3 Å². The van der Waals surface area contributed by atoms with Gasteiger partial charge >= 0.3 is 11.9 Å². The van der Waals surface area contributed by atoms with Crippen LogP contribution in [0.15, 0.2) is 170 Å². The van der Waals surface area contributed by atoms with Gasteiger partial charge in [0.2, 0.25) is 11.8 Å². The Morgan fingerprint density at radius 2 is 0.696 bits per heavy atom. The normalized spacial score (nSPS) is 29.6. The second-order valence-electron chi connectivity index (χ2n) is 32.3. The minimum absolute atomic E-state index is 0.0421. The van der Waals surface area contributed by atoms with Crippen molar-refractivity contribution in [1.29, 1.82) is 0 Å². The summed E-state index contributed by atoms with van der Waals surface area (Å²) >= 11 is 0. The molecule has 0 unspecified atom stereocenters. The van der Waals surface area contributed by atoms with E-state index in [9.17, 15) is 39.6 Å². The van der Waals surface area contributed by atoms with E-state index in [0.29, 0.717) is 46.2 Å². The number of primary amides is 2.